The Hall–Kier alpha value is -0.120. The number of hydrogen-bond donors (Lipinski definition) is 1. The third-order valence-corrected chi connectivity index (χ3v) is 4.21. The standard InChI is InChI=1S/C14H30N2O/c1-5-17-9-8-16(4)14-10-12(11(2)3)6-7-13(14)15/h11-14H,5-10,15H2,1-4H3. The molecule has 0 bridgehead atoms. The smallest absolute Gasteiger partial charge is 0.0593 e. The van der Waals surface area contributed by atoms with Crippen molar-refractivity contribution in [2.75, 3.05) is 26.8 Å². The molecule has 0 aromatic heterocycles. The van der Waals surface area contributed by atoms with Gasteiger partial charge in [-0.2, -0.15) is 0 Å². The Balaban J connectivity index is 2.42. The normalized spacial score (nSPS) is 30.2. The second-order valence-electron chi connectivity index (χ2n) is 5.73. The van der Waals surface area contributed by atoms with E-state index in [4.69, 9.17) is 10.5 Å². The van der Waals surface area contributed by atoms with Gasteiger partial charge in [0.2, 0.25) is 0 Å². The van der Waals surface area contributed by atoms with Crippen molar-refractivity contribution in [3.05, 3.63) is 0 Å². The molecular formula is C14H30N2O. The van der Waals surface area contributed by atoms with Gasteiger partial charge in [0.05, 0.1) is 6.61 Å². The van der Waals surface area contributed by atoms with Crippen molar-refractivity contribution >= 4 is 0 Å². The fourth-order valence-electron chi connectivity index (χ4n) is 2.83. The Morgan fingerprint density at radius 1 is 1.35 bits per heavy atom. The molecule has 3 unspecified atom stereocenters. The molecule has 1 rings (SSSR count). The van der Waals surface area contributed by atoms with E-state index in [0.717, 1.165) is 31.6 Å². The minimum absolute atomic E-state index is 0.344. The summed E-state index contributed by atoms with van der Waals surface area (Å²) in [6.07, 6.45) is 3.72. The van der Waals surface area contributed by atoms with Crippen LogP contribution in [-0.2, 0) is 4.74 Å². The maximum absolute atomic E-state index is 6.26. The van der Waals surface area contributed by atoms with Crippen molar-refractivity contribution in [1.29, 1.82) is 0 Å². The molecule has 102 valence electrons. The molecule has 0 aliphatic heterocycles. The van der Waals surface area contributed by atoms with Crippen molar-refractivity contribution in [3.63, 3.8) is 0 Å². The molecular weight excluding hydrogens is 212 g/mol. The predicted octanol–water partition coefficient (Wildman–Crippen LogP) is 2.11. The zero-order valence-corrected chi connectivity index (χ0v) is 12.0. The molecule has 3 heteroatoms. The van der Waals surface area contributed by atoms with E-state index in [1.54, 1.807) is 0 Å². The van der Waals surface area contributed by atoms with E-state index in [2.05, 4.69) is 25.8 Å². The Labute approximate surface area is 107 Å². The molecule has 1 saturated carbocycles. The van der Waals surface area contributed by atoms with E-state index in [1.807, 2.05) is 6.92 Å². The monoisotopic (exact) mass is 242 g/mol. The maximum Gasteiger partial charge on any atom is 0.0593 e. The number of rotatable bonds is 6. The number of ether oxygens (including phenoxy) is 1. The quantitative estimate of drug-likeness (QED) is 0.725. The van der Waals surface area contributed by atoms with Gasteiger partial charge in [-0.15, -0.1) is 0 Å². The summed E-state index contributed by atoms with van der Waals surface area (Å²) < 4.78 is 5.42. The van der Waals surface area contributed by atoms with Gasteiger partial charge < -0.3 is 10.5 Å². The predicted molar refractivity (Wildman–Crippen MR) is 73.1 cm³/mol. The van der Waals surface area contributed by atoms with E-state index < -0.39 is 0 Å². The number of hydrogen-bond acceptors (Lipinski definition) is 3. The largest absolute Gasteiger partial charge is 0.380 e. The van der Waals surface area contributed by atoms with Crippen molar-refractivity contribution in [2.24, 2.45) is 17.6 Å². The van der Waals surface area contributed by atoms with Crippen LogP contribution in [0.5, 0.6) is 0 Å². The van der Waals surface area contributed by atoms with Gasteiger partial charge in [-0.25, -0.2) is 0 Å². The molecule has 0 aromatic carbocycles. The highest BCUT2D eigenvalue weighted by molar-refractivity contribution is 4.89. The van der Waals surface area contributed by atoms with Crippen LogP contribution in [0.25, 0.3) is 0 Å². The molecule has 17 heavy (non-hydrogen) atoms. The zero-order valence-electron chi connectivity index (χ0n) is 12.0. The Bertz CT molecular complexity index is 208. The molecule has 0 aromatic rings. The summed E-state index contributed by atoms with van der Waals surface area (Å²) in [7, 11) is 2.19. The Morgan fingerprint density at radius 2 is 2.06 bits per heavy atom. The number of likely N-dealkylation sites (N-methyl/N-ethyl adjacent to an activating group) is 1. The first kappa shape index (κ1) is 14.9. The fourth-order valence-corrected chi connectivity index (χ4v) is 2.83. The van der Waals surface area contributed by atoms with E-state index in [1.165, 1.54) is 19.3 Å². The first-order valence-electron chi connectivity index (χ1n) is 7.09. The Kier molecular flexibility index (Phi) is 6.45. The van der Waals surface area contributed by atoms with Crippen LogP contribution in [0, 0.1) is 11.8 Å². The van der Waals surface area contributed by atoms with Gasteiger partial charge >= 0.3 is 0 Å². The zero-order chi connectivity index (χ0) is 12.8. The minimum atomic E-state index is 0.344. The molecule has 0 saturated heterocycles. The highest BCUT2D eigenvalue weighted by atomic mass is 16.5. The van der Waals surface area contributed by atoms with Crippen molar-refractivity contribution < 1.29 is 4.74 Å². The highest BCUT2D eigenvalue weighted by Gasteiger charge is 2.31. The third-order valence-electron chi connectivity index (χ3n) is 4.21. The summed E-state index contributed by atoms with van der Waals surface area (Å²) in [5.74, 6) is 1.62. The van der Waals surface area contributed by atoms with Gasteiger partial charge in [-0.05, 0) is 45.1 Å². The fraction of sp³-hybridized carbons (Fsp3) is 1.00. The van der Waals surface area contributed by atoms with Gasteiger partial charge in [0.1, 0.15) is 0 Å². The van der Waals surface area contributed by atoms with Crippen LogP contribution in [-0.4, -0.2) is 43.8 Å². The van der Waals surface area contributed by atoms with Crippen molar-refractivity contribution in [2.45, 2.75) is 52.1 Å². The second kappa shape index (κ2) is 7.34. The van der Waals surface area contributed by atoms with Gasteiger partial charge in [0, 0.05) is 25.2 Å². The van der Waals surface area contributed by atoms with E-state index in [-0.39, 0.29) is 0 Å². The molecule has 1 fully saturated rings. The van der Waals surface area contributed by atoms with E-state index >= 15 is 0 Å². The molecule has 3 atom stereocenters. The van der Waals surface area contributed by atoms with Gasteiger partial charge in [-0.1, -0.05) is 13.8 Å². The van der Waals surface area contributed by atoms with Crippen LogP contribution in [0.3, 0.4) is 0 Å². The first-order chi connectivity index (χ1) is 8.06. The SMILES string of the molecule is CCOCCN(C)C1CC(C(C)C)CCC1N. The number of nitrogens with zero attached hydrogens (tertiary/aromatic N) is 1. The summed E-state index contributed by atoms with van der Waals surface area (Å²) in [5, 5.41) is 0. The van der Waals surface area contributed by atoms with Crippen LogP contribution < -0.4 is 5.73 Å². The summed E-state index contributed by atoms with van der Waals surface area (Å²) in [6, 6.07) is 0.883. The summed E-state index contributed by atoms with van der Waals surface area (Å²) >= 11 is 0. The maximum atomic E-state index is 6.26. The second-order valence-corrected chi connectivity index (χ2v) is 5.73. The van der Waals surface area contributed by atoms with Crippen molar-refractivity contribution in [3.8, 4) is 0 Å². The van der Waals surface area contributed by atoms with Crippen LogP contribution in [0.4, 0.5) is 0 Å². The molecule has 0 heterocycles. The van der Waals surface area contributed by atoms with Crippen LogP contribution in [0.15, 0.2) is 0 Å². The Morgan fingerprint density at radius 3 is 2.65 bits per heavy atom. The average molecular weight is 242 g/mol. The lowest BCUT2D eigenvalue weighted by atomic mass is 9.77. The average Bonchev–Trinajstić information content (AvgIpc) is 2.29. The summed E-state index contributed by atoms with van der Waals surface area (Å²) in [4.78, 5) is 2.40. The lowest BCUT2D eigenvalue weighted by molar-refractivity contribution is 0.0739. The van der Waals surface area contributed by atoms with Gasteiger partial charge in [0.15, 0.2) is 0 Å². The molecule has 0 spiro atoms. The molecule has 0 amide bonds. The van der Waals surface area contributed by atoms with Crippen LogP contribution >= 0.6 is 0 Å². The highest BCUT2D eigenvalue weighted by Crippen LogP contribution is 2.31. The third kappa shape index (κ3) is 4.57. The van der Waals surface area contributed by atoms with E-state index in [9.17, 15) is 0 Å². The molecule has 3 nitrogen and oxygen atoms in total. The summed E-state index contributed by atoms with van der Waals surface area (Å²) in [5.41, 5.74) is 6.26. The van der Waals surface area contributed by atoms with Crippen LogP contribution in [0.1, 0.15) is 40.0 Å². The number of nitrogens with two attached hydrogens (primary N) is 1. The van der Waals surface area contributed by atoms with Gasteiger partial charge in [0.25, 0.3) is 0 Å². The lowest BCUT2D eigenvalue weighted by Gasteiger charge is -2.41. The minimum Gasteiger partial charge on any atom is -0.380 e. The van der Waals surface area contributed by atoms with Gasteiger partial charge in [-0.3, -0.25) is 4.90 Å². The van der Waals surface area contributed by atoms with Crippen molar-refractivity contribution in [1.82, 2.24) is 4.90 Å². The molecule has 1 aliphatic rings. The van der Waals surface area contributed by atoms with Crippen LogP contribution in [0.2, 0.25) is 0 Å². The molecule has 0 radical (unpaired) electrons. The summed E-state index contributed by atoms with van der Waals surface area (Å²) in [6.45, 7) is 9.33. The lowest BCUT2D eigenvalue weighted by Crippen LogP contribution is -2.51. The first-order valence-corrected chi connectivity index (χ1v) is 7.09. The topological polar surface area (TPSA) is 38.5 Å². The molecule has 2 N–H and O–H groups in total. The molecule has 1 aliphatic carbocycles. The van der Waals surface area contributed by atoms with E-state index in [0.29, 0.717) is 12.1 Å².